The Kier molecular flexibility index (Phi) is 18.3. The molecule has 0 bridgehead atoms. The van der Waals surface area contributed by atoms with E-state index in [1.54, 1.807) is 0 Å². The highest BCUT2D eigenvalue weighted by Crippen LogP contribution is 2.35. The zero-order valence-electron chi connectivity index (χ0n) is 20.8. The molecule has 0 aromatic rings. The minimum atomic E-state index is -0.489. The van der Waals surface area contributed by atoms with Gasteiger partial charge in [-0.3, -0.25) is 9.59 Å². The second kappa shape index (κ2) is 18.0. The summed E-state index contributed by atoms with van der Waals surface area (Å²) in [5, 5.41) is 5.73. The maximum Gasteiger partial charge on any atom is 0.223 e. The Balaban J connectivity index is 0. The van der Waals surface area contributed by atoms with Gasteiger partial charge in [0.05, 0.1) is 11.1 Å². The Labute approximate surface area is 194 Å². The molecule has 0 aromatic heterocycles. The smallest absolute Gasteiger partial charge is 0.223 e. The fourth-order valence-corrected chi connectivity index (χ4v) is 3.23. The van der Waals surface area contributed by atoms with Gasteiger partial charge < -0.3 is 10.6 Å². The first-order valence-corrected chi connectivity index (χ1v) is 11.9. The Bertz CT molecular complexity index is 621. The van der Waals surface area contributed by atoms with Crippen LogP contribution in [0.5, 0.6) is 0 Å². The lowest BCUT2D eigenvalue weighted by Crippen LogP contribution is -2.46. The summed E-state index contributed by atoms with van der Waals surface area (Å²) >= 11 is 5.74. The van der Waals surface area contributed by atoms with Crippen LogP contribution >= 0.6 is 11.6 Å². The van der Waals surface area contributed by atoms with E-state index in [9.17, 15) is 14.0 Å². The summed E-state index contributed by atoms with van der Waals surface area (Å²) < 4.78 is 14.1. The predicted molar refractivity (Wildman–Crippen MR) is 131 cm³/mol. The maximum absolute atomic E-state index is 14.1. The standard InChI is InChI=1S/C17H27ClFNO.C6H11NO.C2H6/c1-5-8-13(6-2)17(21)20-16(14-9-7-10-14)11(3)15(19)12(4)18;1-4-5(2)7-6(3)8;1-2/h13-14,16H,3,5-10H2,1-2,4H3,(H,20,21);4H,1-3H3,(H,7,8);1-2H3/b15-12-;5-4-;/t13-,16?;;/m0../s1. The van der Waals surface area contributed by atoms with E-state index >= 15 is 0 Å². The quantitative estimate of drug-likeness (QED) is 0.360. The van der Waals surface area contributed by atoms with E-state index < -0.39 is 5.83 Å². The number of amides is 2. The van der Waals surface area contributed by atoms with Crippen LogP contribution in [0.15, 0.2) is 34.8 Å². The first kappa shape index (κ1) is 31.6. The number of hydrogen-bond donors (Lipinski definition) is 2. The summed E-state index contributed by atoms with van der Waals surface area (Å²) in [7, 11) is 0. The van der Waals surface area contributed by atoms with Crippen LogP contribution in [0, 0.1) is 11.8 Å². The maximum atomic E-state index is 14.1. The topological polar surface area (TPSA) is 58.2 Å². The van der Waals surface area contributed by atoms with E-state index in [2.05, 4.69) is 24.1 Å². The molecule has 1 rings (SSSR count). The van der Waals surface area contributed by atoms with Crippen LogP contribution in [0.2, 0.25) is 0 Å². The molecule has 180 valence electrons. The van der Waals surface area contributed by atoms with Crippen molar-refractivity contribution in [1.29, 1.82) is 0 Å². The lowest BCUT2D eigenvalue weighted by Gasteiger charge is -2.36. The fraction of sp³-hybridized carbons (Fsp3) is 0.680. The average Bonchev–Trinajstić information content (AvgIpc) is 2.70. The minimum absolute atomic E-state index is 0.00508. The van der Waals surface area contributed by atoms with E-state index in [1.165, 1.54) is 13.8 Å². The van der Waals surface area contributed by atoms with Crippen molar-refractivity contribution in [3.63, 3.8) is 0 Å². The second-order valence-electron chi connectivity index (χ2n) is 7.60. The van der Waals surface area contributed by atoms with Gasteiger partial charge in [-0.2, -0.15) is 0 Å². The van der Waals surface area contributed by atoms with Gasteiger partial charge >= 0.3 is 0 Å². The summed E-state index contributed by atoms with van der Waals surface area (Å²) in [6.07, 6.45) is 7.61. The van der Waals surface area contributed by atoms with Crippen LogP contribution in [-0.4, -0.2) is 17.9 Å². The Morgan fingerprint density at radius 1 is 1.19 bits per heavy atom. The Hall–Kier alpha value is -1.62. The average molecular weight is 459 g/mol. The van der Waals surface area contributed by atoms with E-state index in [0.29, 0.717) is 5.57 Å². The second-order valence-corrected chi connectivity index (χ2v) is 8.16. The molecule has 1 saturated carbocycles. The zero-order valence-corrected chi connectivity index (χ0v) is 21.6. The van der Waals surface area contributed by atoms with Gasteiger partial charge in [0.1, 0.15) is 5.83 Å². The van der Waals surface area contributed by atoms with Crippen molar-refractivity contribution in [2.24, 2.45) is 11.8 Å². The van der Waals surface area contributed by atoms with Crippen LogP contribution in [0.1, 0.15) is 93.9 Å². The molecule has 0 radical (unpaired) electrons. The fourth-order valence-electron chi connectivity index (χ4n) is 3.11. The van der Waals surface area contributed by atoms with Crippen LogP contribution < -0.4 is 10.6 Å². The highest BCUT2D eigenvalue weighted by Gasteiger charge is 2.33. The van der Waals surface area contributed by atoms with Crippen LogP contribution in [-0.2, 0) is 9.59 Å². The number of rotatable bonds is 9. The predicted octanol–water partition coefficient (Wildman–Crippen LogP) is 7.17. The zero-order chi connectivity index (χ0) is 24.6. The van der Waals surface area contributed by atoms with Gasteiger partial charge in [0.15, 0.2) is 0 Å². The molecule has 0 aliphatic heterocycles. The molecular weight excluding hydrogens is 415 g/mol. The normalized spacial score (nSPS) is 16.1. The van der Waals surface area contributed by atoms with E-state index in [-0.39, 0.29) is 34.7 Å². The first-order valence-electron chi connectivity index (χ1n) is 11.5. The van der Waals surface area contributed by atoms with E-state index in [0.717, 1.165) is 44.2 Å². The van der Waals surface area contributed by atoms with Gasteiger partial charge in [0.2, 0.25) is 11.8 Å². The van der Waals surface area contributed by atoms with Crippen molar-refractivity contribution in [1.82, 2.24) is 10.6 Å². The van der Waals surface area contributed by atoms with Crippen molar-refractivity contribution in [2.75, 3.05) is 0 Å². The van der Waals surface area contributed by atoms with Gasteiger partial charge in [0, 0.05) is 24.1 Å². The summed E-state index contributed by atoms with van der Waals surface area (Å²) in [5.74, 6) is -0.215. The lowest BCUT2D eigenvalue weighted by atomic mass is 9.76. The van der Waals surface area contributed by atoms with Gasteiger partial charge in [-0.1, -0.05) is 64.8 Å². The highest BCUT2D eigenvalue weighted by atomic mass is 35.5. The SMILES string of the molecule is C/C=C(/C)NC(C)=O.C=C(/C(F)=C(\C)Cl)C(NC(=O)[C@@H](CC)CCC)C1CCC1.CC. The van der Waals surface area contributed by atoms with Gasteiger partial charge in [0.25, 0.3) is 0 Å². The number of nitrogens with one attached hydrogen (secondary N) is 2. The largest absolute Gasteiger partial charge is 0.349 e. The Morgan fingerprint density at radius 3 is 2.03 bits per heavy atom. The molecule has 6 heteroatoms. The third-order valence-corrected chi connectivity index (χ3v) is 5.35. The molecule has 2 atom stereocenters. The van der Waals surface area contributed by atoms with Crippen LogP contribution in [0.25, 0.3) is 0 Å². The van der Waals surface area contributed by atoms with Gasteiger partial charge in [-0.15, -0.1) is 0 Å². The molecule has 1 aliphatic carbocycles. The molecule has 2 N–H and O–H groups in total. The van der Waals surface area contributed by atoms with Crippen molar-refractivity contribution < 1.29 is 14.0 Å². The van der Waals surface area contributed by atoms with E-state index in [4.69, 9.17) is 11.6 Å². The summed E-state index contributed by atoms with van der Waals surface area (Å²) in [5.41, 5.74) is 1.21. The summed E-state index contributed by atoms with van der Waals surface area (Å²) in [6.45, 7) is 18.6. The first-order chi connectivity index (χ1) is 14.6. The molecular formula is C25H44ClFN2O2. The van der Waals surface area contributed by atoms with Gasteiger partial charge in [-0.25, -0.2) is 4.39 Å². The molecule has 1 fully saturated rings. The third kappa shape index (κ3) is 12.7. The molecule has 0 aromatic carbocycles. The van der Waals surface area contributed by atoms with Gasteiger partial charge in [-0.05, 0) is 52.4 Å². The number of hydrogen-bond acceptors (Lipinski definition) is 2. The third-order valence-electron chi connectivity index (χ3n) is 5.19. The minimum Gasteiger partial charge on any atom is -0.349 e. The van der Waals surface area contributed by atoms with Crippen molar-refractivity contribution in [3.05, 3.63) is 34.8 Å². The summed E-state index contributed by atoms with van der Waals surface area (Å²) in [6, 6.07) is -0.328. The summed E-state index contributed by atoms with van der Waals surface area (Å²) in [4.78, 5) is 22.7. The van der Waals surface area contributed by atoms with Crippen molar-refractivity contribution in [2.45, 2.75) is 100.0 Å². The highest BCUT2D eigenvalue weighted by molar-refractivity contribution is 6.29. The molecule has 1 unspecified atom stereocenters. The number of carbonyl (C=O) groups is 2. The number of carbonyl (C=O) groups excluding carboxylic acids is 2. The molecule has 1 aliphatic rings. The van der Waals surface area contributed by atoms with E-state index in [1.807, 2.05) is 40.7 Å². The van der Waals surface area contributed by atoms with Crippen molar-refractivity contribution in [3.8, 4) is 0 Å². The molecule has 31 heavy (non-hydrogen) atoms. The number of allylic oxidation sites excluding steroid dienone is 3. The van der Waals surface area contributed by atoms with Crippen LogP contribution in [0.4, 0.5) is 4.39 Å². The molecule has 4 nitrogen and oxygen atoms in total. The Morgan fingerprint density at radius 2 is 1.74 bits per heavy atom. The van der Waals surface area contributed by atoms with Crippen molar-refractivity contribution >= 4 is 23.4 Å². The molecule has 0 spiro atoms. The lowest BCUT2D eigenvalue weighted by molar-refractivity contribution is -0.126. The molecule has 0 heterocycles. The number of halogens is 2. The molecule has 2 amide bonds. The monoisotopic (exact) mass is 458 g/mol. The molecule has 0 saturated heterocycles. The van der Waals surface area contributed by atoms with Crippen LogP contribution in [0.3, 0.4) is 0 Å².